The van der Waals surface area contributed by atoms with Crippen molar-refractivity contribution in [3.8, 4) is 0 Å². The van der Waals surface area contributed by atoms with Crippen LogP contribution in [0.5, 0.6) is 0 Å². The summed E-state index contributed by atoms with van der Waals surface area (Å²) in [5.74, 6) is -0.553. The van der Waals surface area contributed by atoms with Crippen molar-refractivity contribution < 1.29 is 13.2 Å². The number of aryl methyl sites for hydroxylation is 1. The van der Waals surface area contributed by atoms with Gasteiger partial charge in [-0.05, 0) is 43.5 Å². The number of rotatable bonds is 7. The van der Waals surface area contributed by atoms with Gasteiger partial charge in [0.05, 0.1) is 6.54 Å². The quantitative estimate of drug-likeness (QED) is 0.745. The first-order chi connectivity index (χ1) is 12.9. The van der Waals surface area contributed by atoms with Gasteiger partial charge in [-0.3, -0.25) is 9.52 Å². The largest absolute Gasteiger partial charge is 0.372 e. The SMILES string of the molecule is Cn1ccnc1CNC(=O)CS(=O)(=O)Nc1ccc(N2CCCCC2)cc1. The highest BCUT2D eigenvalue weighted by Gasteiger charge is 2.17. The van der Waals surface area contributed by atoms with Crippen LogP contribution in [0.3, 0.4) is 0 Å². The smallest absolute Gasteiger partial charge is 0.241 e. The Morgan fingerprint density at radius 1 is 1.15 bits per heavy atom. The molecule has 9 heteroatoms. The Morgan fingerprint density at radius 3 is 2.48 bits per heavy atom. The van der Waals surface area contributed by atoms with Crippen molar-refractivity contribution in [1.29, 1.82) is 0 Å². The van der Waals surface area contributed by atoms with E-state index in [0.717, 1.165) is 18.8 Å². The number of amides is 1. The lowest BCUT2D eigenvalue weighted by atomic mass is 10.1. The number of hydrogen-bond donors (Lipinski definition) is 2. The van der Waals surface area contributed by atoms with Gasteiger partial charge in [-0.25, -0.2) is 13.4 Å². The number of aromatic nitrogens is 2. The van der Waals surface area contributed by atoms with E-state index in [-0.39, 0.29) is 6.54 Å². The van der Waals surface area contributed by atoms with E-state index >= 15 is 0 Å². The van der Waals surface area contributed by atoms with E-state index in [4.69, 9.17) is 0 Å². The van der Waals surface area contributed by atoms with Gasteiger partial charge in [-0.1, -0.05) is 0 Å². The Kier molecular flexibility index (Phi) is 6.00. The molecule has 2 N–H and O–H groups in total. The monoisotopic (exact) mass is 391 g/mol. The molecule has 0 saturated carbocycles. The van der Waals surface area contributed by atoms with Gasteiger partial charge in [0.1, 0.15) is 11.6 Å². The van der Waals surface area contributed by atoms with Crippen molar-refractivity contribution in [3.63, 3.8) is 0 Å². The highest BCUT2D eigenvalue weighted by Crippen LogP contribution is 2.22. The zero-order valence-corrected chi connectivity index (χ0v) is 16.2. The van der Waals surface area contributed by atoms with Gasteiger partial charge in [-0.15, -0.1) is 0 Å². The van der Waals surface area contributed by atoms with Crippen LogP contribution in [0.4, 0.5) is 11.4 Å². The molecule has 0 unspecified atom stereocenters. The number of hydrogen-bond acceptors (Lipinski definition) is 5. The number of sulfonamides is 1. The molecule has 0 radical (unpaired) electrons. The van der Waals surface area contributed by atoms with Crippen LogP contribution in [-0.2, 0) is 28.4 Å². The second kappa shape index (κ2) is 8.43. The van der Waals surface area contributed by atoms with Crippen molar-refractivity contribution in [2.75, 3.05) is 28.5 Å². The molecule has 0 aliphatic carbocycles. The first-order valence-electron chi connectivity index (χ1n) is 9.01. The van der Waals surface area contributed by atoms with Crippen LogP contribution in [-0.4, -0.2) is 42.7 Å². The summed E-state index contributed by atoms with van der Waals surface area (Å²) in [6.07, 6.45) is 7.00. The van der Waals surface area contributed by atoms with E-state index in [1.165, 1.54) is 19.3 Å². The molecule has 1 fully saturated rings. The van der Waals surface area contributed by atoms with Crippen molar-refractivity contribution in [2.24, 2.45) is 7.05 Å². The van der Waals surface area contributed by atoms with E-state index < -0.39 is 21.7 Å². The minimum atomic E-state index is -3.78. The topological polar surface area (TPSA) is 96.3 Å². The Morgan fingerprint density at radius 2 is 1.85 bits per heavy atom. The highest BCUT2D eigenvalue weighted by atomic mass is 32.2. The van der Waals surface area contributed by atoms with Crippen molar-refractivity contribution in [3.05, 3.63) is 42.5 Å². The minimum absolute atomic E-state index is 0.183. The van der Waals surface area contributed by atoms with Gasteiger partial charge >= 0.3 is 0 Å². The number of piperidine rings is 1. The van der Waals surface area contributed by atoms with Gasteiger partial charge in [0.25, 0.3) is 0 Å². The van der Waals surface area contributed by atoms with Gasteiger partial charge in [0.15, 0.2) is 0 Å². The third-order valence-corrected chi connectivity index (χ3v) is 5.74. The molecule has 8 nitrogen and oxygen atoms in total. The summed E-state index contributed by atoms with van der Waals surface area (Å²) < 4.78 is 28.7. The average Bonchev–Trinajstić information content (AvgIpc) is 3.05. The van der Waals surface area contributed by atoms with Gasteiger partial charge in [-0.2, -0.15) is 0 Å². The van der Waals surface area contributed by atoms with Crippen LogP contribution in [0.15, 0.2) is 36.7 Å². The fourth-order valence-corrected chi connectivity index (χ4v) is 4.09. The lowest BCUT2D eigenvalue weighted by Gasteiger charge is -2.28. The minimum Gasteiger partial charge on any atom is -0.372 e. The normalized spacial score (nSPS) is 14.8. The molecule has 3 rings (SSSR count). The summed E-state index contributed by atoms with van der Waals surface area (Å²) in [5, 5.41) is 2.57. The van der Waals surface area contributed by atoms with Crippen molar-refractivity contribution >= 4 is 27.3 Å². The molecule has 1 saturated heterocycles. The fraction of sp³-hybridized carbons (Fsp3) is 0.444. The van der Waals surface area contributed by atoms with Gasteiger partial charge in [0.2, 0.25) is 15.9 Å². The predicted octanol–water partition coefficient (Wildman–Crippen LogP) is 1.47. The summed E-state index contributed by atoms with van der Waals surface area (Å²) in [6.45, 7) is 2.24. The third kappa shape index (κ3) is 5.46. The molecule has 1 aromatic carbocycles. The lowest BCUT2D eigenvalue weighted by molar-refractivity contribution is -0.118. The van der Waals surface area contributed by atoms with Crippen LogP contribution in [0.2, 0.25) is 0 Å². The lowest BCUT2D eigenvalue weighted by Crippen LogP contribution is -2.33. The Bertz CT molecular complexity index is 871. The summed E-state index contributed by atoms with van der Waals surface area (Å²) in [4.78, 5) is 18.3. The number of imidazole rings is 1. The van der Waals surface area contributed by atoms with Gasteiger partial charge < -0.3 is 14.8 Å². The second-order valence-electron chi connectivity index (χ2n) is 6.69. The van der Waals surface area contributed by atoms with Crippen LogP contribution in [0.1, 0.15) is 25.1 Å². The van der Waals surface area contributed by atoms with E-state index in [1.54, 1.807) is 36.1 Å². The standard InChI is InChI=1S/C18H25N5O3S/c1-22-12-9-19-17(22)13-20-18(24)14-27(25,26)21-15-5-7-16(8-6-15)23-10-3-2-4-11-23/h5-9,12,21H,2-4,10-11,13-14H2,1H3,(H,20,24). The molecule has 1 aliphatic heterocycles. The van der Waals surface area contributed by atoms with Crippen molar-refractivity contribution in [1.82, 2.24) is 14.9 Å². The molecule has 0 bridgehead atoms. The molecule has 27 heavy (non-hydrogen) atoms. The van der Waals surface area contributed by atoms with Crippen LogP contribution in [0, 0.1) is 0 Å². The van der Waals surface area contributed by atoms with E-state index in [2.05, 4.69) is 19.9 Å². The third-order valence-electron chi connectivity index (χ3n) is 4.55. The average molecular weight is 391 g/mol. The number of carbonyl (C=O) groups is 1. The zero-order chi connectivity index (χ0) is 19.3. The Hall–Kier alpha value is -2.55. The number of carbonyl (C=O) groups excluding carboxylic acids is 1. The van der Waals surface area contributed by atoms with Crippen LogP contribution >= 0.6 is 0 Å². The van der Waals surface area contributed by atoms with Crippen LogP contribution < -0.4 is 14.9 Å². The molecule has 1 aliphatic rings. The maximum atomic E-state index is 12.2. The molecule has 0 spiro atoms. The maximum Gasteiger partial charge on any atom is 0.241 e. The number of anilines is 2. The Labute approximate surface area is 159 Å². The molecule has 146 valence electrons. The maximum absolute atomic E-state index is 12.2. The van der Waals surface area contributed by atoms with E-state index in [9.17, 15) is 13.2 Å². The number of benzene rings is 1. The van der Waals surface area contributed by atoms with E-state index in [0.29, 0.717) is 11.5 Å². The predicted molar refractivity (Wildman–Crippen MR) is 105 cm³/mol. The number of nitrogens with zero attached hydrogens (tertiary/aromatic N) is 3. The molecule has 2 aromatic rings. The molecule has 2 heterocycles. The first-order valence-corrected chi connectivity index (χ1v) is 10.7. The molecular formula is C18H25N5O3S. The first kappa shape index (κ1) is 19.2. The zero-order valence-electron chi connectivity index (χ0n) is 15.4. The van der Waals surface area contributed by atoms with Crippen molar-refractivity contribution in [2.45, 2.75) is 25.8 Å². The molecular weight excluding hydrogens is 366 g/mol. The highest BCUT2D eigenvalue weighted by molar-refractivity contribution is 7.93. The molecule has 1 amide bonds. The Balaban J connectivity index is 1.52. The van der Waals surface area contributed by atoms with Gasteiger partial charge in [0, 0.05) is 43.9 Å². The summed E-state index contributed by atoms with van der Waals surface area (Å²) in [6, 6.07) is 7.27. The fourth-order valence-electron chi connectivity index (χ4n) is 3.08. The molecule has 1 aromatic heterocycles. The van der Waals surface area contributed by atoms with E-state index in [1.807, 2.05) is 12.1 Å². The van der Waals surface area contributed by atoms with Crippen LogP contribution in [0.25, 0.3) is 0 Å². The summed E-state index contributed by atoms with van der Waals surface area (Å²) >= 11 is 0. The summed E-state index contributed by atoms with van der Waals surface area (Å²) in [5.41, 5.74) is 1.54. The molecule has 0 atom stereocenters. The number of nitrogens with one attached hydrogen (secondary N) is 2. The summed E-state index contributed by atoms with van der Waals surface area (Å²) in [7, 11) is -1.97. The second-order valence-corrected chi connectivity index (χ2v) is 8.41.